The number of nitrogens with one attached hydrogen (secondary N) is 2. The lowest BCUT2D eigenvalue weighted by molar-refractivity contribution is -0.148. The highest BCUT2D eigenvalue weighted by molar-refractivity contribution is 5.86. The normalized spacial score (nSPS) is 20.0. The summed E-state index contributed by atoms with van der Waals surface area (Å²) in [6, 6.07) is 8.72. The van der Waals surface area contributed by atoms with Gasteiger partial charge in [-0.3, -0.25) is 9.59 Å². The van der Waals surface area contributed by atoms with E-state index in [4.69, 9.17) is 9.47 Å². The molecule has 0 spiro atoms. The van der Waals surface area contributed by atoms with Crippen LogP contribution in [0.2, 0.25) is 0 Å². The molecule has 0 heterocycles. The maximum absolute atomic E-state index is 12.9. The smallest absolute Gasteiger partial charge is 0.408 e. The predicted molar refractivity (Wildman–Crippen MR) is 114 cm³/mol. The minimum absolute atomic E-state index is 0.0362. The Bertz CT molecular complexity index is 714. The average molecular weight is 419 g/mol. The summed E-state index contributed by atoms with van der Waals surface area (Å²) in [4.78, 5) is 37.3. The number of benzene rings is 1. The van der Waals surface area contributed by atoms with Crippen molar-refractivity contribution in [3.8, 4) is 0 Å². The number of carbonyl (C=O) groups excluding carboxylic acids is 3. The standard InChI is InChI=1S/C23H34N2O5/c1-23(2,3)30-22(28)25-19(14-16-10-6-5-7-11-16)20(26)24-15-17-12-8-9-13-18(17)21(27)29-4/h5-7,10-11,17-19H,8-9,12-15H2,1-4H3,(H,24,26)(H,25,28). The lowest BCUT2D eigenvalue weighted by Crippen LogP contribution is -2.50. The number of hydrogen-bond donors (Lipinski definition) is 2. The second kappa shape index (κ2) is 11.0. The van der Waals surface area contributed by atoms with E-state index in [2.05, 4.69) is 10.6 Å². The van der Waals surface area contributed by atoms with Crippen LogP contribution in [0.4, 0.5) is 4.79 Å². The summed E-state index contributed by atoms with van der Waals surface area (Å²) < 4.78 is 10.2. The number of amides is 2. The van der Waals surface area contributed by atoms with E-state index in [1.165, 1.54) is 7.11 Å². The van der Waals surface area contributed by atoms with Crippen LogP contribution in [0, 0.1) is 11.8 Å². The largest absolute Gasteiger partial charge is 0.469 e. The zero-order valence-electron chi connectivity index (χ0n) is 18.4. The summed E-state index contributed by atoms with van der Waals surface area (Å²) in [5.41, 5.74) is 0.270. The molecule has 7 heteroatoms. The third kappa shape index (κ3) is 7.69. The molecule has 1 saturated carbocycles. The third-order valence-corrected chi connectivity index (χ3v) is 5.24. The van der Waals surface area contributed by atoms with Gasteiger partial charge in [0.15, 0.2) is 0 Å². The van der Waals surface area contributed by atoms with Crippen molar-refractivity contribution in [1.82, 2.24) is 10.6 Å². The van der Waals surface area contributed by atoms with Gasteiger partial charge < -0.3 is 20.1 Å². The van der Waals surface area contributed by atoms with Crippen molar-refractivity contribution >= 4 is 18.0 Å². The average Bonchev–Trinajstić information content (AvgIpc) is 2.70. The molecule has 0 saturated heterocycles. The lowest BCUT2D eigenvalue weighted by Gasteiger charge is -2.30. The quantitative estimate of drug-likeness (QED) is 0.663. The maximum atomic E-state index is 12.9. The Morgan fingerprint density at radius 2 is 1.77 bits per heavy atom. The molecule has 2 N–H and O–H groups in total. The Morgan fingerprint density at radius 1 is 1.10 bits per heavy atom. The molecule has 166 valence electrons. The van der Waals surface area contributed by atoms with Crippen molar-refractivity contribution < 1.29 is 23.9 Å². The Labute approximate surface area is 178 Å². The minimum atomic E-state index is -0.776. The highest BCUT2D eigenvalue weighted by Crippen LogP contribution is 2.30. The second-order valence-electron chi connectivity index (χ2n) is 8.81. The van der Waals surface area contributed by atoms with Crippen LogP contribution in [0.3, 0.4) is 0 Å². The topological polar surface area (TPSA) is 93.7 Å². The van der Waals surface area contributed by atoms with E-state index in [0.717, 1.165) is 31.2 Å². The van der Waals surface area contributed by atoms with E-state index in [1.807, 2.05) is 30.3 Å². The molecule has 2 amide bonds. The van der Waals surface area contributed by atoms with Gasteiger partial charge in [0.05, 0.1) is 13.0 Å². The van der Waals surface area contributed by atoms with Crippen LogP contribution in [0.1, 0.15) is 52.0 Å². The first kappa shape index (κ1) is 23.7. The van der Waals surface area contributed by atoms with Crippen molar-refractivity contribution in [2.45, 2.75) is 64.5 Å². The Morgan fingerprint density at radius 3 is 2.40 bits per heavy atom. The van der Waals surface area contributed by atoms with Crippen LogP contribution >= 0.6 is 0 Å². The van der Waals surface area contributed by atoms with Gasteiger partial charge in [-0.05, 0) is 45.1 Å². The van der Waals surface area contributed by atoms with Gasteiger partial charge in [-0.25, -0.2) is 4.79 Å². The first-order chi connectivity index (χ1) is 14.2. The molecule has 7 nitrogen and oxygen atoms in total. The molecule has 0 bridgehead atoms. The maximum Gasteiger partial charge on any atom is 0.408 e. The van der Waals surface area contributed by atoms with Gasteiger partial charge in [0.25, 0.3) is 0 Å². The summed E-state index contributed by atoms with van der Waals surface area (Å²) in [5, 5.41) is 5.62. The van der Waals surface area contributed by atoms with E-state index in [1.54, 1.807) is 20.8 Å². The van der Waals surface area contributed by atoms with E-state index in [9.17, 15) is 14.4 Å². The molecule has 0 radical (unpaired) electrons. The van der Waals surface area contributed by atoms with Crippen molar-refractivity contribution in [2.75, 3.05) is 13.7 Å². The molecule has 1 aliphatic carbocycles. The highest BCUT2D eigenvalue weighted by atomic mass is 16.6. The zero-order valence-corrected chi connectivity index (χ0v) is 18.4. The highest BCUT2D eigenvalue weighted by Gasteiger charge is 2.33. The number of alkyl carbamates (subject to hydrolysis) is 1. The molecule has 30 heavy (non-hydrogen) atoms. The molecule has 3 atom stereocenters. The van der Waals surface area contributed by atoms with Gasteiger partial charge in [0.2, 0.25) is 5.91 Å². The number of esters is 1. The number of ether oxygens (including phenoxy) is 2. The van der Waals surface area contributed by atoms with Gasteiger partial charge in [-0.1, -0.05) is 43.2 Å². The van der Waals surface area contributed by atoms with Crippen molar-refractivity contribution in [3.05, 3.63) is 35.9 Å². The van der Waals surface area contributed by atoms with Gasteiger partial charge in [-0.15, -0.1) is 0 Å². The summed E-state index contributed by atoms with van der Waals surface area (Å²) in [5.74, 6) is -0.676. The molecule has 1 aliphatic rings. The number of carbonyl (C=O) groups is 3. The van der Waals surface area contributed by atoms with E-state index in [0.29, 0.717) is 13.0 Å². The number of rotatable bonds is 7. The molecule has 2 rings (SSSR count). The lowest BCUT2D eigenvalue weighted by atomic mass is 9.79. The number of methoxy groups -OCH3 is 1. The van der Waals surface area contributed by atoms with Gasteiger partial charge in [0, 0.05) is 13.0 Å². The Balaban J connectivity index is 2.03. The minimum Gasteiger partial charge on any atom is -0.469 e. The molecule has 0 aliphatic heterocycles. The van der Waals surface area contributed by atoms with Gasteiger partial charge in [0.1, 0.15) is 11.6 Å². The number of hydrogen-bond acceptors (Lipinski definition) is 5. The van der Waals surface area contributed by atoms with Crippen LogP contribution < -0.4 is 10.6 Å². The first-order valence-electron chi connectivity index (χ1n) is 10.6. The van der Waals surface area contributed by atoms with E-state index >= 15 is 0 Å². The summed E-state index contributed by atoms with van der Waals surface area (Å²) >= 11 is 0. The monoisotopic (exact) mass is 418 g/mol. The summed E-state index contributed by atoms with van der Waals surface area (Å²) in [7, 11) is 1.40. The van der Waals surface area contributed by atoms with Crippen LogP contribution in [0.15, 0.2) is 30.3 Å². The fourth-order valence-corrected chi connectivity index (χ4v) is 3.78. The molecule has 1 aromatic rings. The molecule has 1 fully saturated rings. The second-order valence-corrected chi connectivity index (χ2v) is 8.81. The Hall–Kier alpha value is -2.57. The van der Waals surface area contributed by atoms with Crippen LogP contribution in [0.25, 0.3) is 0 Å². The molecular weight excluding hydrogens is 384 g/mol. The van der Waals surface area contributed by atoms with Crippen molar-refractivity contribution in [1.29, 1.82) is 0 Å². The van der Waals surface area contributed by atoms with E-state index in [-0.39, 0.29) is 23.7 Å². The van der Waals surface area contributed by atoms with Crippen LogP contribution in [0.5, 0.6) is 0 Å². The molecular formula is C23H34N2O5. The SMILES string of the molecule is COC(=O)C1CCCCC1CNC(=O)C(Cc1ccccc1)NC(=O)OC(C)(C)C. The fraction of sp³-hybridized carbons (Fsp3) is 0.609. The van der Waals surface area contributed by atoms with Crippen molar-refractivity contribution in [3.63, 3.8) is 0 Å². The molecule has 1 aromatic carbocycles. The molecule has 0 aromatic heterocycles. The predicted octanol–water partition coefficient (Wildman–Crippen LogP) is 3.22. The molecule has 3 unspecified atom stereocenters. The van der Waals surface area contributed by atoms with Crippen molar-refractivity contribution in [2.24, 2.45) is 11.8 Å². The van der Waals surface area contributed by atoms with Gasteiger partial charge >= 0.3 is 12.1 Å². The zero-order chi connectivity index (χ0) is 22.1. The summed E-state index contributed by atoms with van der Waals surface area (Å²) in [6.45, 7) is 5.69. The fourth-order valence-electron chi connectivity index (χ4n) is 3.78. The van der Waals surface area contributed by atoms with E-state index < -0.39 is 17.7 Å². The van der Waals surface area contributed by atoms with Crippen LogP contribution in [-0.2, 0) is 25.5 Å². The van der Waals surface area contributed by atoms with Crippen LogP contribution in [-0.4, -0.2) is 43.3 Å². The summed E-state index contributed by atoms with van der Waals surface area (Å²) in [6.07, 6.45) is 3.36. The first-order valence-corrected chi connectivity index (χ1v) is 10.6. The third-order valence-electron chi connectivity index (χ3n) is 5.24. The Kier molecular flexibility index (Phi) is 8.69. The van der Waals surface area contributed by atoms with Gasteiger partial charge in [-0.2, -0.15) is 0 Å².